The first-order chi connectivity index (χ1) is 10.0. The molecule has 1 aromatic heterocycles. The lowest BCUT2D eigenvalue weighted by atomic mass is 10.1. The van der Waals surface area contributed by atoms with E-state index in [9.17, 15) is 0 Å². The second-order valence-corrected chi connectivity index (χ2v) is 6.73. The number of rotatable bonds is 11. The highest BCUT2D eigenvalue weighted by Gasteiger charge is 2.10. The summed E-state index contributed by atoms with van der Waals surface area (Å²) >= 11 is 1.66. The summed E-state index contributed by atoms with van der Waals surface area (Å²) in [5.74, 6) is 0.944. The van der Waals surface area contributed by atoms with Crippen LogP contribution in [-0.4, -0.2) is 65.0 Å². The molecule has 0 aliphatic heterocycles. The molecule has 0 bridgehead atoms. The molecule has 0 saturated carbocycles. The number of nitrogens with one attached hydrogen (secondary N) is 1. The van der Waals surface area contributed by atoms with Gasteiger partial charge in [0.25, 0.3) is 0 Å². The van der Waals surface area contributed by atoms with Crippen LogP contribution in [-0.2, 0) is 16.0 Å². The van der Waals surface area contributed by atoms with E-state index in [0.29, 0.717) is 13.2 Å². The van der Waals surface area contributed by atoms with Gasteiger partial charge in [-0.05, 0) is 37.6 Å². The Kier molecular flexibility index (Phi) is 8.82. The first-order valence-corrected chi connectivity index (χ1v) is 8.22. The minimum absolute atomic E-state index is 0.112. The molecule has 0 saturated heterocycles. The van der Waals surface area contributed by atoms with Crippen molar-refractivity contribution in [1.29, 1.82) is 0 Å². The molecule has 8 heteroatoms. The standard InChI is InChI=1S/C13H27N5O2S/c1-13(2,3)14-6-7-18-12(15-16-17-18)21-11-5-8-20-10-9-19-4/h14H,5-11H2,1-4H3. The van der Waals surface area contributed by atoms with Gasteiger partial charge in [-0.3, -0.25) is 0 Å². The summed E-state index contributed by atoms with van der Waals surface area (Å²) in [6, 6.07) is 0. The Hall–Kier alpha value is -0.700. The molecule has 0 spiro atoms. The molecule has 1 aromatic rings. The largest absolute Gasteiger partial charge is 0.382 e. The second kappa shape index (κ2) is 10.1. The zero-order chi connectivity index (χ0) is 15.6. The van der Waals surface area contributed by atoms with Crippen LogP contribution in [0.15, 0.2) is 5.16 Å². The van der Waals surface area contributed by atoms with Gasteiger partial charge in [-0.1, -0.05) is 11.8 Å². The Morgan fingerprint density at radius 1 is 1.24 bits per heavy atom. The molecule has 0 aliphatic rings. The van der Waals surface area contributed by atoms with Crippen molar-refractivity contribution in [3.8, 4) is 0 Å². The predicted molar refractivity (Wildman–Crippen MR) is 83.6 cm³/mol. The SMILES string of the molecule is COCCOCCCSc1nnnn1CCNC(C)(C)C. The van der Waals surface area contributed by atoms with Crippen molar-refractivity contribution in [2.45, 2.75) is 44.4 Å². The van der Waals surface area contributed by atoms with Crippen molar-refractivity contribution < 1.29 is 9.47 Å². The van der Waals surface area contributed by atoms with Gasteiger partial charge in [-0.25, -0.2) is 4.68 Å². The molecule has 0 atom stereocenters. The molecule has 7 nitrogen and oxygen atoms in total. The van der Waals surface area contributed by atoms with Crippen molar-refractivity contribution in [2.75, 3.05) is 39.2 Å². The Balaban J connectivity index is 2.16. The third-order valence-corrected chi connectivity index (χ3v) is 3.62. The molecule has 0 unspecified atom stereocenters. The molecular weight excluding hydrogens is 290 g/mol. The highest BCUT2D eigenvalue weighted by Crippen LogP contribution is 2.14. The topological polar surface area (TPSA) is 74.1 Å². The molecule has 1 N–H and O–H groups in total. The van der Waals surface area contributed by atoms with Crippen LogP contribution in [0.25, 0.3) is 0 Å². The minimum atomic E-state index is 0.112. The average Bonchev–Trinajstić information content (AvgIpc) is 2.84. The van der Waals surface area contributed by atoms with E-state index in [-0.39, 0.29) is 5.54 Å². The van der Waals surface area contributed by atoms with E-state index in [1.54, 1.807) is 18.9 Å². The molecule has 1 rings (SSSR count). The highest BCUT2D eigenvalue weighted by atomic mass is 32.2. The fraction of sp³-hybridized carbons (Fsp3) is 0.923. The zero-order valence-corrected chi connectivity index (χ0v) is 14.3. The number of methoxy groups -OCH3 is 1. The Morgan fingerprint density at radius 3 is 2.76 bits per heavy atom. The maximum atomic E-state index is 5.42. The number of hydrogen-bond donors (Lipinski definition) is 1. The van der Waals surface area contributed by atoms with Crippen molar-refractivity contribution in [3.63, 3.8) is 0 Å². The minimum Gasteiger partial charge on any atom is -0.382 e. The van der Waals surface area contributed by atoms with Crippen LogP contribution in [0, 0.1) is 0 Å². The van der Waals surface area contributed by atoms with Crippen molar-refractivity contribution in [1.82, 2.24) is 25.5 Å². The van der Waals surface area contributed by atoms with Crippen LogP contribution >= 0.6 is 11.8 Å². The third-order valence-electron chi connectivity index (χ3n) is 2.57. The first-order valence-electron chi connectivity index (χ1n) is 7.23. The van der Waals surface area contributed by atoms with Gasteiger partial charge in [0.15, 0.2) is 0 Å². The normalized spacial score (nSPS) is 12.0. The summed E-state index contributed by atoms with van der Waals surface area (Å²) in [4.78, 5) is 0. The third kappa shape index (κ3) is 9.02. The van der Waals surface area contributed by atoms with Gasteiger partial charge < -0.3 is 14.8 Å². The number of tetrazole rings is 1. The summed E-state index contributed by atoms with van der Waals surface area (Å²) in [7, 11) is 1.67. The molecule has 1 heterocycles. The van der Waals surface area contributed by atoms with E-state index in [1.165, 1.54) is 0 Å². The number of thioether (sulfide) groups is 1. The van der Waals surface area contributed by atoms with Gasteiger partial charge in [0.2, 0.25) is 5.16 Å². The van der Waals surface area contributed by atoms with E-state index >= 15 is 0 Å². The molecular formula is C13H27N5O2S. The number of hydrogen-bond acceptors (Lipinski definition) is 7. The summed E-state index contributed by atoms with van der Waals surface area (Å²) < 4.78 is 12.2. The lowest BCUT2D eigenvalue weighted by Crippen LogP contribution is -2.38. The van der Waals surface area contributed by atoms with Gasteiger partial charge in [0.1, 0.15) is 0 Å². The van der Waals surface area contributed by atoms with Crippen LogP contribution in [0.1, 0.15) is 27.2 Å². The van der Waals surface area contributed by atoms with E-state index in [4.69, 9.17) is 9.47 Å². The van der Waals surface area contributed by atoms with Crippen molar-refractivity contribution in [2.24, 2.45) is 0 Å². The lowest BCUT2D eigenvalue weighted by Gasteiger charge is -2.20. The molecule has 21 heavy (non-hydrogen) atoms. The lowest BCUT2D eigenvalue weighted by molar-refractivity contribution is 0.0713. The Bertz CT molecular complexity index is 381. The molecule has 0 aliphatic carbocycles. The average molecular weight is 317 g/mol. The molecule has 0 amide bonds. The van der Waals surface area contributed by atoms with E-state index in [0.717, 1.165) is 37.0 Å². The van der Waals surface area contributed by atoms with Gasteiger partial charge in [-0.2, -0.15) is 0 Å². The summed E-state index contributed by atoms with van der Waals surface area (Å²) in [6.07, 6.45) is 0.974. The quantitative estimate of drug-likeness (QED) is 0.485. The van der Waals surface area contributed by atoms with Crippen molar-refractivity contribution in [3.05, 3.63) is 0 Å². The fourth-order valence-corrected chi connectivity index (χ4v) is 2.36. The van der Waals surface area contributed by atoms with Crippen LogP contribution in [0.2, 0.25) is 0 Å². The van der Waals surface area contributed by atoms with Crippen LogP contribution < -0.4 is 5.32 Å². The van der Waals surface area contributed by atoms with Gasteiger partial charge in [0.05, 0.1) is 19.8 Å². The fourth-order valence-electron chi connectivity index (χ4n) is 1.55. The van der Waals surface area contributed by atoms with Crippen LogP contribution in [0.3, 0.4) is 0 Å². The monoisotopic (exact) mass is 317 g/mol. The molecule has 0 fully saturated rings. The number of ether oxygens (including phenoxy) is 2. The maximum Gasteiger partial charge on any atom is 0.209 e. The van der Waals surface area contributed by atoms with Crippen LogP contribution in [0.4, 0.5) is 0 Å². The Morgan fingerprint density at radius 2 is 2.05 bits per heavy atom. The van der Waals surface area contributed by atoms with E-state index < -0.39 is 0 Å². The van der Waals surface area contributed by atoms with Crippen molar-refractivity contribution >= 4 is 11.8 Å². The summed E-state index contributed by atoms with van der Waals surface area (Å²) in [5, 5.41) is 16.1. The van der Waals surface area contributed by atoms with Gasteiger partial charge in [0, 0.05) is 31.6 Å². The number of nitrogens with zero attached hydrogens (tertiary/aromatic N) is 4. The Labute approximate surface area is 131 Å². The predicted octanol–water partition coefficient (Wildman–Crippen LogP) is 1.21. The molecule has 0 radical (unpaired) electrons. The smallest absolute Gasteiger partial charge is 0.209 e. The molecule has 122 valence electrons. The first kappa shape index (κ1) is 18.3. The number of aromatic nitrogens is 4. The second-order valence-electron chi connectivity index (χ2n) is 5.67. The van der Waals surface area contributed by atoms with E-state index in [2.05, 4.69) is 41.6 Å². The van der Waals surface area contributed by atoms with Gasteiger partial charge in [-0.15, -0.1) is 5.10 Å². The van der Waals surface area contributed by atoms with E-state index in [1.807, 2.05) is 4.68 Å². The highest BCUT2D eigenvalue weighted by molar-refractivity contribution is 7.99. The summed E-state index contributed by atoms with van der Waals surface area (Å²) in [6.45, 7) is 10.1. The molecule has 0 aromatic carbocycles. The van der Waals surface area contributed by atoms with Crippen LogP contribution in [0.5, 0.6) is 0 Å². The zero-order valence-electron chi connectivity index (χ0n) is 13.5. The van der Waals surface area contributed by atoms with Gasteiger partial charge >= 0.3 is 0 Å². The maximum absolute atomic E-state index is 5.42. The summed E-state index contributed by atoms with van der Waals surface area (Å²) in [5.41, 5.74) is 0.112.